The van der Waals surface area contributed by atoms with Gasteiger partial charge >= 0.3 is 6.03 Å². The van der Waals surface area contributed by atoms with Crippen molar-refractivity contribution in [2.75, 3.05) is 13.1 Å². The number of carbonyl (C=O) groups excluding carboxylic acids is 2. The van der Waals surface area contributed by atoms with Crippen LogP contribution in [0.25, 0.3) is 17.1 Å². The zero-order valence-corrected chi connectivity index (χ0v) is 20.2. The van der Waals surface area contributed by atoms with Crippen LogP contribution in [0.15, 0.2) is 53.1 Å². The van der Waals surface area contributed by atoms with Crippen LogP contribution in [-0.2, 0) is 0 Å². The summed E-state index contributed by atoms with van der Waals surface area (Å²) in [6, 6.07) is 13.7. The fraction of sp³-hybridized carbons (Fsp3) is 0.444. The third-order valence-corrected chi connectivity index (χ3v) is 7.00. The van der Waals surface area contributed by atoms with Crippen molar-refractivity contribution in [3.8, 4) is 17.1 Å². The molecule has 2 fully saturated rings. The van der Waals surface area contributed by atoms with E-state index in [-0.39, 0.29) is 24.0 Å². The van der Waals surface area contributed by atoms with Crippen molar-refractivity contribution in [2.45, 2.75) is 64.0 Å². The second-order valence-corrected chi connectivity index (χ2v) is 9.60. The van der Waals surface area contributed by atoms with Gasteiger partial charge in [-0.1, -0.05) is 37.5 Å². The van der Waals surface area contributed by atoms with Crippen molar-refractivity contribution in [3.63, 3.8) is 0 Å². The van der Waals surface area contributed by atoms with E-state index in [1.165, 1.54) is 19.3 Å². The molecule has 8 nitrogen and oxygen atoms in total. The molecule has 0 spiro atoms. The van der Waals surface area contributed by atoms with Crippen molar-refractivity contribution >= 4 is 11.9 Å². The minimum absolute atomic E-state index is 0.0682. The average molecular weight is 476 g/mol. The summed E-state index contributed by atoms with van der Waals surface area (Å²) < 4.78 is 7.55. The van der Waals surface area contributed by atoms with E-state index in [4.69, 9.17) is 9.52 Å². The molecule has 35 heavy (non-hydrogen) atoms. The Morgan fingerprint density at radius 3 is 2.26 bits per heavy atom. The Morgan fingerprint density at radius 2 is 1.60 bits per heavy atom. The lowest BCUT2D eigenvalue weighted by Gasteiger charge is -2.33. The van der Waals surface area contributed by atoms with Gasteiger partial charge in [-0.3, -0.25) is 4.79 Å². The molecule has 0 bridgehead atoms. The molecule has 1 aliphatic carbocycles. The first kappa shape index (κ1) is 23.2. The summed E-state index contributed by atoms with van der Waals surface area (Å²) >= 11 is 0. The molecule has 0 atom stereocenters. The summed E-state index contributed by atoms with van der Waals surface area (Å²) in [5.41, 5.74) is 1.94. The van der Waals surface area contributed by atoms with E-state index < -0.39 is 0 Å². The minimum atomic E-state index is -0.0821. The van der Waals surface area contributed by atoms with Gasteiger partial charge in [-0.15, -0.1) is 0 Å². The van der Waals surface area contributed by atoms with Crippen LogP contribution in [0.5, 0.6) is 0 Å². The van der Waals surface area contributed by atoms with Gasteiger partial charge in [0.25, 0.3) is 5.91 Å². The Labute approximate surface area is 205 Å². The van der Waals surface area contributed by atoms with Crippen molar-refractivity contribution in [2.24, 2.45) is 0 Å². The number of urea groups is 1. The fourth-order valence-corrected chi connectivity index (χ4v) is 5.04. The molecule has 184 valence electrons. The van der Waals surface area contributed by atoms with Crippen LogP contribution in [0.4, 0.5) is 4.79 Å². The molecular weight excluding hydrogens is 442 g/mol. The number of para-hydroxylation sites is 1. The Kier molecular flexibility index (Phi) is 6.88. The van der Waals surface area contributed by atoms with Gasteiger partial charge in [-0.05, 0) is 56.9 Å². The monoisotopic (exact) mass is 475 g/mol. The zero-order valence-electron chi connectivity index (χ0n) is 20.2. The Balaban J connectivity index is 1.25. The van der Waals surface area contributed by atoms with E-state index in [2.05, 4.69) is 10.6 Å². The standard InChI is InChI=1S/C27H33N5O3/c1-19-12-13-24(35-19)25-23(18-32(30-25)22-10-6-3-7-11-22)26(33)31-16-14-21(15-17-31)29-27(34)28-20-8-4-2-5-9-20/h3,6-7,10-13,18,20-21H,2,4-5,8-9,14-17H2,1H3,(H2,28,29,34). The van der Waals surface area contributed by atoms with Crippen molar-refractivity contribution in [1.29, 1.82) is 0 Å². The zero-order chi connectivity index (χ0) is 24.2. The SMILES string of the molecule is Cc1ccc(-c2nn(-c3ccccc3)cc2C(=O)N2CCC(NC(=O)NC3CCCCC3)CC2)o1. The molecule has 0 radical (unpaired) electrons. The molecular formula is C27H33N5O3. The maximum absolute atomic E-state index is 13.6. The molecule has 8 heteroatoms. The van der Waals surface area contributed by atoms with Crippen molar-refractivity contribution in [1.82, 2.24) is 25.3 Å². The smallest absolute Gasteiger partial charge is 0.315 e. The number of amides is 3. The van der Waals surface area contributed by atoms with Gasteiger partial charge in [-0.2, -0.15) is 5.10 Å². The number of rotatable bonds is 5. The first-order valence-corrected chi connectivity index (χ1v) is 12.6. The predicted molar refractivity (Wildman–Crippen MR) is 133 cm³/mol. The first-order chi connectivity index (χ1) is 17.1. The molecule has 5 rings (SSSR count). The Hall–Kier alpha value is -3.55. The number of furan rings is 1. The summed E-state index contributed by atoms with van der Waals surface area (Å²) in [5, 5.41) is 10.9. The highest BCUT2D eigenvalue weighted by molar-refractivity contribution is 5.99. The Morgan fingerprint density at radius 1 is 0.914 bits per heavy atom. The third-order valence-electron chi connectivity index (χ3n) is 7.00. The lowest BCUT2D eigenvalue weighted by Crippen LogP contribution is -2.51. The van der Waals surface area contributed by atoms with Gasteiger partial charge in [0.15, 0.2) is 5.76 Å². The van der Waals surface area contributed by atoms with Crippen molar-refractivity contribution < 1.29 is 14.0 Å². The van der Waals surface area contributed by atoms with Crippen molar-refractivity contribution in [3.05, 3.63) is 60.0 Å². The maximum Gasteiger partial charge on any atom is 0.315 e. The molecule has 3 heterocycles. The van der Waals surface area contributed by atoms with Crippen LogP contribution in [0, 0.1) is 6.92 Å². The van der Waals surface area contributed by atoms with Gasteiger partial charge in [0.2, 0.25) is 0 Å². The second kappa shape index (κ2) is 10.4. The topological polar surface area (TPSA) is 92.4 Å². The number of aryl methyl sites for hydroxylation is 1. The summed E-state index contributed by atoms with van der Waals surface area (Å²) in [6.07, 6.45) is 9.00. The highest BCUT2D eigenvalue weighted by atomic mass is 16.3. The van der Waals surface area contributed by atoms with Gasteiger partial charge < -0.3 is 20.0 Å². The first-order valence-electron chi connectivity index (χ1n) is 12.6. The summed E-state index contributed by atoms with van der Waals surface area (Å²) in [7, 11) is 0. The molecule has 2 N–H and O–H groups in total. The van der Waals surface area contributed by atoms with Crippen LogP contribution in [0.1, 0.15) is 61.1 Å². The van der Waals surface area contributed by atoms with Crippen LogP contribution >= 0.6 is 0 Å². The quantitative estimate of drug-likeness (QED) is 0.561. The van der Waals surface area contributed by atoms with Crippen LogP contribution in [0.2, 0.25) is 0 Å². The van der Waals surface area contributed by atoms with Crippen LogP contribution < -0.4 is 10.6 Å². The van der Waals surface area contributed by atoms with Gasteiger partial charge in [0.05, 0.1) is 11.3 Å². The third kappa shape index (κ3) is 5.42. The highest BCUT2D eigenvalue weighted by Crippen LogP contribution is 2.27. The molecule has 1 saturated heterocycles. The van der Waals surface area contributed by atoms with E-state index in [1.54, 1.807) is 10.9 Å². The average Bonchev–Trinajstić information content (AvgIpc) is 3.52. The number of likely N-dealkylation sites (tertiary alicyclic amines) is 1. The summed E-state index contributed by atoms with van der Waals surface area (Å²) in [4.78, 5) is 27.9. The van der Waals surface area contributed by atoms with E-state index in [9.17, 15) is 9.59 Å². The Bertz CT molecular complexity index is 1150. The number of aromatic nitrogens is 2. The second-order valence-electron chi connectivity index (χ2n) is 9.60. The predicted octanol–water partition coefficient (Wildman–Crippen LogP) is 4.68. The fourth-order valence-electron chi connectivity index (χ4n) is 5.04. The normalized spacial score (nSPS) is 17.3. The molecule has 1 aliphatic heterocycles. The van der Waals surface area contributed by atoms with Gasteiger partial charge in [0, 0.05) is 31.4 Å². The molecule has 2 aromatic heterocycles. The summed E-state index contributed by atoms with van der Waals surface area (Å²) in [6.45, 7) is 3.04. The van der Waals surface area contributed by atoms with Gasteiger partial charge in [-0.25, -0.2) is 9.48 Å². The maximum atomic E-state index is 13.6. The van der Waals surface area contributed by atoms with Crippen LogP contribution in [0.3, 0.4) is 0 Å². The van der Waals surface area contributed by atoms with E-state index in [0.717, 1.165) is 37.1 Å². The van der Waals surface area contributed by atoms with E-state index in [0.29, 0.717) is 30.1 Å². The van der Waals surface area contributed by atoms with E-state index >= 15 is 0 Å². The molecule has 3 amide bonds. The minimum Gasteiger partial charge on any atom is -0.460 e. The van der Waals surface area contributed by atoms with E-state index in [1.807, 2.05) is 54.3 Å². The molecule has 1 aromatic carbocycles. The highest BCUT2D eigenvalue weighted by Gasteiger charge is 2.29. The molecule has 2 aliphatic rings. The molecule has 0 unspecified atom stereocenters. The van der Waals surface area contributed by atoms with Gasteiger partial charge in [0.1, 0.15) is 11.5 Å². The number of hydrogen-bond donors (Lipinski definition) is 2. The lowest BCUT2D eigenvalue weighted by atomic mass is 9.96. The van der Waals surface area contributed by atoms with Crippen LogP contribution in [-0.4, -0.2) is 51.8 Å². The number of hydrogen-bond acceptors (Lipinski definition) is 4. The number of nitrogens with zero attached hydrogens (tertiary/aromatic N) is 3. The number of nitrogens with one attached hydrogen (secondary N) is 2. The number of carbonyl (C=O) groups is 2. The number of benzene rings is 1. The molecule has 3 aromatic rings. The summed E-state index contributed by atoms with van der Waals surface area (Å²) in [5.74, 6) is 1.28. The largest absolute Gasteiger partial charge is 0.460 e. The molecule has 1 saturated carbocycles. The number of piperidine rings is 1. The lowest BCUT2D eigenvalue weighted by molar-refractivity contribution is 0.0708.